The van der Waals surface area contributed by atoms with Gasteiger partial charge in [0, 0.05) is 0 Å². The number of alkyl halides is 2. The number of ether oxygens (including phenoxy) is 3. The maximum atomic E-state index is 10.9. The van der Waals surface area contributed by atoms with E-state index in [1.54, 1.807) is 0 Å². The van der Waals surface area contributed by atoms with Gasteiger partial charge in [0.2, 0.25) is 5.90 Å². The first-order valence-electron chi connectivity index (χ1n) is 5.38. The predicted octanol–water partition coefficient (Wildman–Crippen LogP) is -0.339. The molecule has 0 aromatic carbocycles. The number of hydrogen-bond acceptors (Lipinski definition) is 8. The molecular formula is C10H17Cl3N2O6. The molecular weight excluding hydrogens is 350 g/mol. The molecule has 1 heterocycles. The van der Waals surface area contributed by atoms with E-state index in [2.05, 4.69) is 14.5 Å². The summed E-state index contributed by atoms with van der Waals surface area (Å²) in [4.78, 5) is 24.1. The van der Waals surface area contributed by atoms with Crippen LogP contribution in [0.4, 0.5) is 0 Å². The molecule has 1 aliphatic heterocycles. The van der Waals surface area contributed by atoms with Crippen LogP contribution < -0.4 is 5.73 Å². The first-order valence-corrected chi connectivity index (χ1v) is 6.25. The molecule has 11 heteroatoms. The lowest BCUT2D eigenvalue weighted by molar-refractivity contribution is -0.143. The van der Waals surface area contributed by atoms with Crippen molar-refractivity contribution in [1.82, 2.24) is 0 Å². The summed E-state index contributed by atoms with van der Waals surface area (Å²) in [7, 11) is 2.51. The minimum absolute atomic E-state index is 0. The number of aliphatic hydroxyl groups excluding tert-OH is 1. The van der Waals surface area contributed by atoms with Gasteiger partial charge in [-0.3, -0.25) is 4.79 Å². The van der Waals surface area contributed by atoms with Crippen LogP contribution in [-0.4, -0.2) is 67.3 Å². The molecule has 1 aliphatic rings. The summed E-state index contributed by atoms with van der Waals surface area (Å²) in [6, 6.07) is -1.51. The highest BCUT2D eigenvalue weighted by Crippen LogP contribution is 2.14. The van der Waals surface area contributed by atoms with Gasteiger partial charge in [0.1, 0.15) is 12.6 Å². The monoisotopic (exact) mass is 366 g/mol. The van der Waals surface area contributed by atoms with Crippen molar-refractivity contribution in [3.05, 3.63) is 0 Å². The zero-order valence-electron chi connectivity index (χ0n) is 11.3. The normalized spacial score (nSPS) is 17.5. The summed E-state index contributed by atoms with van der Waals surface area (Å²) in [6.45, 7) is -0.218. The topological polar surface area (TPSA) is 120 Å². The summed E-state index contributed by atoms with van der Waals surface area (Å²) in [5.41, 5.74) is 5.00. The van der Waals surface area contributed by atoms with Crippen molar-refractivity contribution in [2.45, 2.75) is 16.9 Å². The number of nitrogens with zero attached hydrogens (tertiary/aromatic N) is 1. The van der Waals surface area contributed by atoms with Gasteiger partial charge in [0.05, 0.1) is 20.8 Å². The van der Waals surface area contributed by atoms with Gasteiger partial charge in [-0.1, -0.05) is 23.2 Å². The SMILES string of the molecule is COC(=O)C1COC(C(Cl)Cl)=N1.COC(=O)[C@@H](N)CO.Cl. The number of nitrogens with two attached hydrogens (primary N) is 1. The molecule has 0 aromatic heterocycles. The van der Waals surface area contributed by atoms with E-state index in [9.17, 15) is 9.59 Å². The van der Waals surface area contributed by atoms with Crippen LogP contribution in [0.3, 0.4) is 0 Å². The van der Waals surface area contributed by atoms with Gasteiger partial charge in [0.15, 0.2) is 10.9 Å². The Kier molecular flexibility index (Phi) is 12.6. The molecule has 0 aliphatic carbocycles. The second-order valence-electron chi connectivity index (χ2n) is 3.43. The highest BCUT2D eigenvalue weighted by atomic mass is 35.5. The van der Waals surface area contributed by atoms with Crippen LogP contribution in [0, 0.1) is 0 Å². The molecule has 0 fully saturated rings. The van der Waals surface area contributed by atoms with Crippen LogP contribution >= 0.6 is 35.6 Å². The minimum Gasteiger partial charge on any atom is -0.476 e. The number of aliphatic imine (C=N–C) groups is 1. The third-order valence-electron chi connectivity index (χ3n) is 2.03. The molecule has 2 atom stereocenters. The van der Waals surface area contributed by atoms with Gasteiger partial charge < -0.3 is 25.1 Å². The van der Waals surface area contributed by atoms with Crippen molar-refractivity contribution < 1.29 is 28.9 Å². The number of halogens is 3. The standard InChI is InChI=1S/C6H7Cl2NO3.C4H9NO3.ClH/c1-11-6(10)3-2-12-5(9-3)4(7)8;1-8-4(7)3(5)2-6;/h3-4H,2H2,1H3;3,6H,2,5H2,1H3;1H/t;3-;/m.0./s1. The predicted molar refractivity (Wildman–Crippen MR) is 79.0 cm³/mol. The lowest BCUT2D eigenvalue weighted by Gasteiger charge is -2.02. The number of hydrogen-bond donors (Lipinski definition) is 2. The van der Waals surface area contributed by atoms with Crippen molar-refractivity contribution >= 4 is 53.4 Å². The van der Waals surface area contributed by atoms with Crippen LogP contribution in [0.25, 0.3) is 0 Å². The Bertz CT molecular complexity index is 367. The molecule has 0 spiro atoms. The first kappa shape index (κ1) is 22.5. The van der Waals surface area contributed by atoms with Crippen molar-refractivity contribution in [2.24, 2.45) is 10.7 Å². The van der Waals surface area contributed by atoms with Gasteiger partial charge >= 0.3 is 11.9 Å². The van der Waals surface area contributed by atoms with Crippen molar-refractivity contribution in [3.8, 4) is 0 Å². The first-order chi connectivity index (χ1) is 9.37. The summed E-state index contributed by atoms with van der Waals surface area (Å²) in [6.07, 6.45) is 0. The number of esters is 2. The molecule has 0 bridgehead atoms. The summed E-state index contributed by atoms with van der Waals surface area (Å²) >= 11 is 10.9. The smallest absolute Gasteiger partial charge is 0.334 e. The average Bonchev–Trinajstić information content (AvgIpc) is 2.95. The zero-order chi connectivity index (χ0) is 15.7. The van der Waals surface area contributed by atoms with Crippen molar-refractivity contribution in [2.75, 3.05) is 27.4 Å². The van der Waals surface area contributed by atoms with Crippen LogP contribution in [0.1, 0.15) is 0 Å². The fourth-order valence-corrected chi connectivity index (χ4v) is 1.23. The molecule has 124 valence electrons. The summed E-state index contributed by atoms with van der Waals surface area (Å²) < 4.78 is 13.6. The Labute approximate surface area is 137 Å². The van der Waals surface area contributed by atoms with E-state index in [1.165, 1.54) is 14.2 Å². The van der Waals surface area contributed by atoms with Gasteiger partial charge in [-0.05, 0) is 0 Å². The quantitative estimate of drug-likeness (QED) is 0.515. The molecule has 0 saturated carbocycles. The second-order valence-corrected chi connectivity index (χ2v) is 4.53. The zero-order valence-corrected chi connectivity index (χ0v) is 13.7. The maximum absolute atomic E-state index is 10.9. The largest absolute Gasteiger partial charge is 0.476 e. The highest BCUT2D eigenvalue weighted by Gasteiger charge is 2.28. The number of carbonyl (C=O) groups is 2. The molecule has 0 amide bonds. The van der Waals surface area contributed by atoms with Crippen LogP contribution in [-0.2, 0) is 23.8 Å². The van der Waals surface area contributed by atoms with E-state index < -0.39 is 28.9 Å². The van der Waals surface area contributed by atoms with Gasteiger partial charge in [-0.15, -0.1) is 12.4 Å². The Morgan fingerprint density at radius 1 is 1.48 bits per heavy atom. The van der Waals surface area contributed by atoms with E-state index in [-0.39, 0.29) is 31.5 Å². The molecule has 0 saturated heterocycles. The Balaban J connectivity index is 0. The Morgan fingerprint density at radius 3 is 2.33 bits per heavy atom. The lowest BCUT2D eigenvalue weighted by Crippen LogP contribution is -2.34. The van der Waals surface area contributed by atoms with Gasteiger partial charge in [0.25, 0.3) is 0 Å². The molecule has 0 radical (unpaired) electrons. The minimum atomic E-state index is -0.889. The third kappa shape index (κ3) is 8.27. The number of methoxy groups -OCH3 is 2. The lowest BCUT2D eigenvalue weighted by atomic mass is 10.3. The van der Waals surface area contributed by atoms with Crippen molar-refractivity contribution in [1.29, 1.82) is 0 Å². The Hall–Kier alpha value is -0.800. The van der Waals surface area contributed by atoms with E-state index in [0.29, 0.717) is 0 Å². The van der Waals surface area contributed by atoms with E-state index in [1.807, 2.05) is 0 Å². The Morgan fingerprint density at radius 2 is 2.05 bits per heavy atom. The summed E-state index contributed by atoms with van der Waals surface area (Å²) in [5, 5.41) is 8.21. The summed E-state index contributed by atoms with van der Waals surface area (Å²) in [5.74, 6) is -0.861. The third-order valence-corrected chi connectivity index (χ3v) is 2.41. The molecule has 8 nitrogen and oxygen atoms in total. The van der Waals surface area contributed by atoms with Gasteiger partial charge in [-0.2, -0.15) is 0 Å². The van der Waals surface area contributed by atoms with E-state index in [4.69, 9.17) is 38.8 Å². The highest BCUT2D eigenvalue weighted by molar-refractivity contribution is 6.53. The molecule has 1 rings (SSSR count). The van der Waals surface area contributed by atoms with Crippen LogP contribution in [0.15, 0.2) is 4.99 Å². The van der Waals surface area contributed by atoms with E-state index >= 15 is 0 Å². The molecule has 3 N–H and O–H groups in total. The van der Waals surface area contributed by atoms with Crippen molar-refractivity contribution in [3.63, 3.8) is 0 Å². The average molecular weight is 368 g/mol. The molecule has 0 aromatic rings. The number of rotatable bonds is 4. The van der Waals surface area contributed by atoms with Crippen LogP contribution in [0.5, 0.6) is 0 Å². The maximum Gasteiger partial charge on any atom is 0.334 e. The molecule has 1 unspecified atom stereocenters. The van der Waals surface area contributed by atoms with Gasteiger partial charge in [-0.25, -0.2) is 9.79 Å². The number of carbonyl (C=O) groups excluding carboxylic acids is 2. The second kappa shape index (κ2) is 11.8. The molecule has 21 heavy (non-hydrogen) atoms. The fraction of sp³-hybridized carbons (Fsp3) is 0.700. The number of aliphatic hydroxyl groups is 1. The fourth-order valence-electron chi connectivity index (χ4n) is 0.994. The van der Waals surface area contributed by atoms with Crippen LogP contribution in [0.2, 0.25) is 0 Å². The van der Waals surface area contributed by atoms with E-state index in [0.717, 1.165) is 0 Å².